The highest BCUT2D eigenvalue weighted by Crippen LogP contribution is 2.28. The maximum Gasteiger partial charge on any atom is 0.105 e. The van der Waals surface area contributed by atoms with E-state index in [1.54, 1.807) is 24.5 Å². The Morgan fingerprint density at radius 2 is 1.79 bits per heavy atom. The first-order valence-corrected chi connectivity index (χ1v) is 6.39. The number of fused-ring (bicyclic) bond motifs is 1. The van der Waals surface area contributed by atoms with E-state index in [2.05, 4.69) is 4.98 Å². The average Bonchev–Trinajstić information content (AvgIpc) is 2.47. The van der Waals surface area contributed by atoms with Crippen LogP contribution in [0.15, 0.2) is 60.9 Å². The van der Waals surface area contributed by atoms with E-state index in [0.717, 1.165) is 21.9 Å². The minimum absolute atomic E-state index is 0.663. The normalized spacial score (nSPS) is 12.5. The van der Waals surface area contributed by atoms with Crippen molar-refractivity contribution in [3.05, 3.63) is 77.1 Å². The number of aromatic nitrogens is 1. The lowest BCUT2D eigenvalue weighted by atomic mass is 9.97. The summed E-state index contributed by atoms with van der Waals surface area (Å²) in [5, 5.41) is 13.2. The van der Waals surface area contributed by atoms with Gasteiger partial charge in [-0.3, -0.25) is 4.98 Å². The van der Waals surface area contributed by atoms with Crippen LogP contribution < -0.4 is 0 Å². The predicted octanol–water partition coefficient (Wildman–Crippen LogP) is 3.97. The van der Waals surface area contributed by atoms with Crippen LogP contribution >= 0.6 is 11.6 Å². The van der Waals surface area contributed by atoms with Gasteiger partial charge in [0.15, 0.2) is 0 Å². The Balaban J connectivity index is 2.11. The van der Waals surface area contributed by atoms with Gasteiger partial charge in [0.2, 0.25) is 0 Å². The first-order valence-electron chi connectivity index (χ1n) is 6.02. The molecule has 1 N–H and O–H groups in total. The average molecular weight is 270 g/mol. The van der Waals surface area contributed by atoms with Crippen LogP contribution in [0.4, 0.5) is 0 Å². The van der Waals surface area contributed by atoms with Crippen molar-refractivity contribution in [1.29, 1.82) is 0 Å². The van der Waals surface area contributed by atoms with E-state index in [4.69, 9.17) is 11.6 Å². The van der Waals surface area contributed by atoms with E-state index in [0.29, 0.717) is 5.02 Å². The van der Waals surface area contributed by atoms with E-state index in [-0.39, 0.29) is 0 Å². The van der Waals surface area contributed by atoms with Crippen LogP contribution in [-0.2, 0) is 0 Å². The van der Waals surface area contributed by atoms with E-state index in [9.17, 15) is 5.11 Å². The molecule has 0 saturated heterocycles. The molecule has 0 bridgehead atoms. The van der Waals surface area contributed by atoms with Crippen LogP contribution in [0.2, 0.25) is 5.02 Å². The van der Waals surface area contributed by atoms with Gasteiger partial charge < -0.3 is 5.11 Å². The van der Waals surface area contributed by atoms with Gasteiger partial charge >= 0.3 is 0 Å². The van der Waals surface area contributed by atoms with E-state index < -0.39 is 6.10 Å². The molecule has 0 fully saturated rings. The topological polar surface area (TPSA) is 33.1 Å². The van der Waals surface area contributed by atoms with Gasteiger partial charge in [0.05, 0.1) is 0 Å². The second-order valence-electron chi connectivity index (χ2n) is 4.40. The van der Waals surface area contributed by atoms with Gasteiger partial charge in [0.1, 0.15) is 6.10 Å². The Labute approximate surface area is 116 Å². The molecular weight excluding hydrogens is 258 g/mol. The Morgan fingerprint density at radius 1 is 1.00 bits per heavy atom. The largest absolute Gasteiger partial charge is 0.384 e. The smallest absolute Gasteiger partial charge is 0.105 e. The number of aliphatic hydroxyl groups is 1. The van der Waals surface area contributed by atoms with Crippen LogP contribution in [0.5, 0.6) is 0 Å². The molecule has 0 aliphatic carbocycles. The summed E-state index contributed by atoms with van der Waals surface area (Å²) in [6.07, 6.45) is 2.86. The highest BCUT2D eigenvalue weighted by molar-refractivity contribution is 6.30. The molecule has 0 amide bonds. The third kappa shape index (κ3) is 2.33. The number of hydrogen-bond donors (Lipinski definition) is 1. The van der Waals surface area contributed by atoms with E-state index in [1.165, 1.54) is 0 Å². The first-order chi connectivity index (χ1) is 9.25. The molecule has 0 radical (unpaired) electrons. The number of nitrogens with zero attached hydrogens (tertiary/aromatic N) is 1. The molecule has 19 heavy (non-hydrogen) atoms. The van der Waals surface area contributed by atoms with Crippen LogP contribution in [0.25, 0.3) is 10.8 Å². The van der Waals surface area contributed by atoms with Crippen LogP contribution in [0.1, 0.15) is 17.2 Å². The molecule has 1 unspecified atom stereocenters. The quantitative estimate of drug-likeness (QED) is 0.764. The molecule has 3 aromatic rings. The third-order valence-electron chi connectivity index (χ3n) is 3.20. The Kier molecular flexibility index (Phi) is 3.20. The fourth-order valence-corrected chi connectivity index (χ4v) is 2.33. The third-order valence-corrected chi connectivity index (χ3v) is 3.45. The molecule has 3 heteroatoms. The van der Waals surface area contributed by atoms with Crippen LogP contribution in [-0.4, -0.2) is 10.1 Å². The van der Waals surface area contributed by atoms with Crippen molar-refractivity contribution in [2.75, 3.05) is 0 Å². The molecule has 1 atom stereocenters. The summed E-state index contributed by atoms with van der Waals surface area (Å²) < 4.78 is 0. The molecule has 1 aromatic heterocycles. The summed E-state index contributed by atoms with van der Waals surface area (Å²) in [6.45, 7) is 0. The number of pyridine rings is 1. The lowest BCUT2D eigenvalue weighted by molar-refractivity contribution is 0.222. The fourth-order valence-electron chi connectivity index (χ4n) is 2.20. The van der Waals surface area contributed by atoms with Crippen molar-refractivity contribution in [3.63, 3.8) is 0 Å². The maximum atomic E-state index is 10.5. The minimum Gasteiger partial charge on any atom is -0.384 e. The molecule has 94 valence electrons. The number of hydrogen-bond acceptors (Lipinski definition) is 2. The minimum atomic E-state index is -0.676. The summed E-state index contributed by atoms with van der Waals surface area (Å²) in [5.74, 6) is 0. The van der Waals surface area contributed by atoms with Crippen molar-refractivity contribution in [2.45, 2.75) is 6.10 Å². The van der Waals surface area contributed by atoms with Crippen LogP contribution in [0, 0.1) is 0 Å². The fraction of sp³-hybridized carbons (Fsp3) is 0.0625. The van der Waals surface area contributed by atoms with Crippen molar-refractivity contribution in [3.8, 4) is 0 Å². The molecule has 1 heterocycles. The van der Waals surface area contributed by atoms with Gasteiger partial charge in [0, 0.05) is 22.8 Å². The van der Waals surface area contributed by atoms with Gasteiger partial charge in [-0.15, -0.1) is 0 Å². The second kappa shape index (κ2) is 5.00. The monoisotopic (exact) mass is 269 g/mol. The van der Waals surface area contributed by atoms with Crippen LogP contribution in [0.3, 0.4) is 0 Å². The van der Waals surface area contributed by atoms with Crippen molar-refractivity contribution < 1.29 is 5.11 Å². The first kappa shape index (κ1) is 12.2. The molecule has 0 aliphatic heterocycles. The number of halogens is 1. The summed E-state index contributed by atoms with van der Waals surface area (Å²) in [5.41, 5.74) is 1.67. The lowest BCUT2D eigenvalue weighted by Crippen LogP contribution is -2.00. The summed E-state index contributed by atoms with van der Waals surface area (Å²) >= 11 is 5.87. The highest BCUT2D eigenvalue weighted by atomic mass is 35.5. The second-order valence-corrected chi connectivity index (χ2v) is 4.83. The van der Waals surface area contributed by atoms with Gasteiger partial charge in [-0.2, -0.15) is 0 Å². The molecule has 0 spiro atoms. The zero-order valence-corrected chi connectivity index (χ0v) is 10.9. The Hall–Kier alpha value is -1.90. The van der Waals surface area contributed by atoms with E-state index in [1.807, 2.05) is 36.4 Å². The highest BCUT2D eigenvalue weighted by Gasteiger charge is 2.13. The molecule has 2 aromatic carbocycles. The molecule has 3 rings (SSSR count). The van der Waals surface area contributed by atoms with Gasteiger partial charge in [-0.25, -0.2) is 0 Å². The van der Waals surface area contributed by atoms with Crippen molar-refractivity contribution in [2.24, 2.45) is 0 Å². The zero-order chi connectivity index (χ0) is 13.2. The SMILES string of the molecule is OC(c1ccc(Cl)cc1)c1cccc2ccncc12. The predicted molar refractivity (Wildman–Crippen MR) is 77.3 cm³/mol. The molecule has 0 aliphatic rings. The lowest BCUT2D eigenvalue weighted by Gasteiger charge is -2.14. The van der Waals surface area contributed by atoms with Gasteiger partial charge in [-0.05, 0) is 34.7 Å². The summed E-state index contributed by atoms with van der Waals surface area (Å²) in [7, 11) is 0. The summed E-state index contributed by atoms with van der Waals surface area (Å²) in [6, 6.07) is 15.0. The maximum absolute atomic E-state index is 10.5. The number of benzene rings is 2. The number of aliphatic hydroxyl groups excluding tert-OH is 1. The zero-order valence-electron chi connectivity index (χ0n) is 10.1. The number of rotatable bonds is 2. The Bertz CT molecular complexity index is 704. The van der Waals surface area contributed by atoms with Gasteiger partial charge in [-0.1, -0.05) is 41.9 Å². The van der Waals surface area contributed by atoms with Crippen molar-refractivity contribution >= 4 is 22.4 Å². The van der Waals surface area contributed by atoms with Gasteiger partial charge in [0.25, 0.3) is 0 Å². The molecular formula is C16H12ClNO. The van der Waals surface area contributed by atoms with Crippen molar-refractivity contribution in [1.82, 2.24) is 4.98 Å². The standard InChI is InChI=1S/C16H12ClNO/c17-13-6-4-12(5-7-13)16(19)14-3-1-2-11-8-9-18-10-15(11)14/h1-10,16,19H. The molecule has 0 saturated carbocycles. The Morgan fingerprint density at radius 3 is 2.58 bits per heavy atom. The summed E-state index contributed by atoms with van der Waals surface area (Å²) in [4.78, 5) is 4.13. The van der Waals surface area contributed by atoms with E-state index >= 15 is 0 Å². The molecule has 2 nitrogen and oxygen atoms in total.